The summed E-state index contributed by atoms with van der Waals surface area (Å²) in [5, 5.41) is 8.68. The van der Waals surface area contributed by atoms with Crippen molar-refractivity contribution in [2.75, 3.05) is 6.26 Å². The molecule has 2 amide bonds. The van der Waals surface area contributed by atoms with Crippen molar-refractivity contribution >= 4 is 21.8 Å². The average molecular weight is 508 g/mol. The summed E-state index contributed by atoms with van der Waals surface area (Å²) in [6.07, 6.45) is 3.48. The summed E-state index contributed by atoms with van der Waals surface area (Å²) in [7, 11) is -3.79. The van der Waals surface area contributed by atoms with Crippen LogP contribution < -0.4 is 0 Å². The minimum absolute atomic E-state index is 0.115. The predicted octanol–water partition coefficient (Wildman–Crippen LogP) is 4.18. The topological polar surface area (TPSA) is 108 Å². The molecule has 0 unspecified atom stereocenters. The molecule has 1 heterocycles. The molecule has 0 spiro atoms. The van der Waals surface area contributed by atoms with Crippen LogP contribution in [0.2, 0.25) is 0 Å². The quantitative estimate of drug-likeness (QED) is 0.422. The Morgan fingerprint density at radius 2 is 1.83 bits per heavy atom. The Kier molecular flexibility index (Phi) is 7.24. The number of sulfone groups is 1. The number of benzene rings is 1. The lowest BCUT2D eigenvalue weighted by molar-refractivity contribution is -0.142. The highest BCUT2D eigenvalue weighted by molar-refractivity contribution is 7.91. The maximum atomic E-state index is 14.1. The van der Waals surface area contributed by atoms with Crippen LogP contribution in [0.15, 0.2) is 24.3 Å². The van der Waals surface area contributed by atoms with Gasteiger partial charge in [-0.05, 0) is 70.1 Å². The molecule has 1 aromatic rings. The van der Waals surface area contributed by atoms with Crippen molar-refractivity contribution in [2.24, 2.45) is 5.92 Å². The number of likely N-dealkylation sites (tertiary alicyclic amines) is 1. The van der Waals surface area contributed by atoms with Gasteiger partial charge in [-0.2, -0.15) is 5.26 Å². The molecule has 0 radical (unpaired) electrons. The van der Waals surface area contributed by atoms with Crippen molar-refractivity contribution < 1.29 is 27.1 Å². The first-order chi connectivity index (χ1) is 16.1. The molecule has 192 valence electrons. The van der Waals surface area contributed by atoms with Crippen molar-refractivity contribution in [1.82, 2.24) is 9.80 Å². The van der Waals surface area contributed by atoms with E-state index < -0.39 is 50.1 Å². The molecule has 35 heavy (non-hydrogen) atoms. The highest BCUT2D eigenvalue weighted by atomic mass is 32.2. The zero-order valence-electron chi connectivity index (χ0n) is 21.1. The van der Waals surface area contributed by atoms with Gasteiger partial charge in [-0.1, -0.05) is 26.0 Å². The average Bonchev–Trinajstić information content (AvgIpc) is 3.47. The van der Waals surface area contributed by atoms with E-state index in [2.05, 4.69) is 0 Å². The van der Waals surface area contributed by atoms with Crippen LogP contribution in [-0.4, -0.2) is 58.9 Å². The molecule has 10 heteroatoms. The van der Waals surface area contributed by atoms with Crippen LogP contribution in [0.25, 0.3) is 0 Å². The second kappa shape index (κ2) is 9.41. The lowest BCUT2D eigenvalue weighted by Gasteiger charge is -2.42. The van der Waals surface area contributed by atoms with Gasteiger partial charge in [-0.3, -0.25) is 9.69 Å². The number of nitrogens with zero attached hydrogens (tertiary/aromatic N) is 3. The molecule has 1 saturated heterocycles. The molecule has 2 fully saturated rings. The Hall–Kier alpha value is -2.67. The molecule has 1 aliphatic carbocycles. The fourth-order valence-corrected chi connectivity index (χ4v) is 6.29. The predicted molar refractivity (Wildman–Crippen MR) is 128 cm³/mol. The lowest BCUT2D eigenvalue weighted by atomic mass is 9.84. The number of carbonyl (C=O) groups is 2. The third-order valence-electron chi connectivity index (χ3n) is 6.36. The van der Waals surface area contributed by atoms with Gasteiger partial charge in [0, 0.05) is 12.3 Å². The second-order valence-electron chi connectivity index (χ2n) is 11.1. The molecular weight excluding hydrogens is 473 g/mol. The minimum Gasteiger partial charge on any atom is -0.444 e. The van der Waals surface area contributed by atoms with E-state index in [1.807, 2.05) is 20.0 Å². The number of hydrogen-bond donors (Lipinski definition) is 0. The van der Waals surface area contributed by atoms with Gasteiger partial charge < -0.3 is 4.74 Å². The summed E-state index contributed by atoms with van der Waals surface area (Å²) >= 11 is 0. The van der Waals surface area contributed by atoms with E-state index in [1.54, 1.807) is 20.8 Å². The van der Waals surface area contributed by atoms with Crippen LogP contribution in [0.4, 0.5) is 9.18 Å². The molecule has 3 atom stereocenters. The molecule has 2 aliphatic rings. The first kappa shape index (κ1) is 26.9. The summed E-state index contributed by atoms with van der Waals surface area (Å²) in [6.45, 7) is 8.78. The SMILES string of the molecule is CC(C)C[C@]1(C(=O)N(C#N)C2CC2)C[C@H](S(C)(=O)=O)[C@@H](c2ccc(F)cc2)N1C(=O)OC(C)(C)C. The van der Waals surface area contributed by atoms with E-state index in [4.69, 9.17) is 4.74 Å². The van der Waals surface area contributed by atoms with Gasteiger partial charge in [0.1, 0.15) is 17.0 Å². The minimum atomic E-state index is -3.79. The second-order valence-corrected chi connectivity index (χ2v) is 13.3. The molecule has 1 aliphatic heterocycles. The lowest BCUT2D eigenvalue weighted by Crippen LogP contribution is -2.59. The smallest absolute Gasteiger partial charge is 0.411 e. The van der Waals surface area contributed by atoms with E-state index in [-0.39, 0.29) is 24.8 Å². The third kappa shape index (κ3) is 5.61. The fourth-order valence-electron chi connectivity index (χ4n) is 4.97. The Balaban J connectivity index is 2.29. The highest BCUT2D eigenvalue weighted by Gasteiger charge is 2.63. The van der Waals surface area contributed by atoms with Gasteiger partial charge in [0.05, 0.1) is 11.3 Å². The van der Waals surface area contributed by atoms with Crippen LogP contribution in [0.3, 0.4) is 0 Å². The number of hydrogen-bond acceptors (Lipinski definition) is 6. The Morgan fingerprint density at radius 3 is 2.26 bits per heavy atom. The van der Waals surface area contributed by atoms with Crippen LogP contribution >= 0.6 is 0 Å². The summed E-state index contributed by atoms with van der Waals surface area (Å²) in [5.74, 6) is -1.23. The Labute approximate surface area is 206 Å². The maximum Gasteiger partial charge on any atom is 0.411 e. The third-order valence-corrected chi connectivity index (χ3v) is 7.89. The van der Waals surface area contributed by atoms with Crippen molar-refractivity contribution in [2.45, 2.75) is 88.8 Å². The zero-order chi connectivity index (χ0) is 26.3. The number of halogens is 1. The fraction of sp³-hybridized carbons (Fsp3) is 0.640. The first-order valence-corrected chi connectivity index (χ1v) is 13.8. The monoisotopic (exact) mass is 507 g/mol. The molecule has 1 aromatic carbocycles. The van der Waals surface area contributed by atoms with Gasteiger partial charge >= 0.3 is 6.09 Å². The van der Waals surface area contributed by atoms with E-state index >= 15 is 0 Å². The summed E-state index contributed by atoms with van der Waals surface area (Å²) in [5.41, 5.74) is -2.17. The van der Waals surface area contributed by atoms with E-state index in [1.165, 1.54) is 29.2 Å². The Bertz CT molecular complexity index is 1120. The summed E-state index contributed by atoms with van der Waals surface area (Å²) in [4.78, 5) is 30.2. The highest BCUT2D eigenvalue weighted by Crippen LogP contribution is 2.51. The number of rotatable bonds is 6. The molecule has 0 bridgehead atoms. The summed E-state index contributed by atoms with van der Waals surface area (Å²) < 4.78 is 45.6. The molecule has 3 rings (SSSR count). The number of carbonyl (C=O) groups excluding carboxylic acids is 2. The van der Waals surface area contributed by atoms with Gasteiger partial charge in [0.15, 0.2) is 16.0 Å². The molecule has 0 N–H and O–H groups in total. The standard InChI is InChI=1S/C25H34FN3O5S/c1-16(2)13-25(22(30)28(15-27)19-11-12-19)14-20(35(6,32)33)21(17-7-9-18(26)10-8-17)29(25)23(31)34-24(3,4)5/h7-10,16,19-21H,11-14H2,1-6H3/t20-,21+,25+/m0/s1. The zero-order valence-corrected chi connectivity index (χ0v) is 21.9. The van der Waals surface area contributed by atoms with E-state index in [0.29, 0.717) is 18.4 Å². The number of nitriles is 1. The molecule has 1 saturated carbocycles. The van der Waals surface area contributed by atoms with Crippen LogP contribution in [0, 0.1) is 23.2 Å². The normalized spacial score (nSPS) is 24.8. The van der Waals surface area contributed by atoms with Crippen molar-refractivity contribution in [3.63, 3.8) is 0 Å². The maximum absolute atomic E-state index is 14.1. The van der Waals surface area contributed by atoms with Crippen molar-refractivity contribution in [3.05, 3.63) is 35.6 Å². The van der Waals surface area contributed by atoms with Crippen LogP contribution in [-0.2, 0) is 19.4 Å². The summed E-state index contributed by atoms with van der Waals surface area (Å²) in [6, 6.07) is 3.88. The van der Waals surface area contributed by atoms with Gasteiger partial charge in [0.25, 0.3) is 5.91 Å². The van der Waals surface area contributed by atoms with Gasteiger partial charge in [0.2, 0.25) is 0 Å². The molecular formula is C25H34FN3O5S. The number of ether oxygens (including phenoxy) is 1. The number of amides is 2. The first-order valence-electron chi connectivity index (χ1n) is 11.8. The Morgan fingerprint density at radius 1 is 1.26 bits per heavy atom. The van der Waals surface area contributed by atoms with Crippen LogP contribution in [0.5, 0.6) is 0 Å². The molecule has 0 aromatic heterocycles. The molecule has 8 nitrogen and oxygen atoms in total. The van der Waals surface area contributed by atoms with E-state index in [0.717, 1.165) is 11.2 Å². The van der Waals surface area contributed by atoms with Crippen LogP contribution in [0.1, 0.15) is 71.9 Å². The largest absolute Gasteiger partial charge is 0.444 e. The van der Waals surface area contributed by atoms with E-state index in [9.17, 15) is 27.7 Å². The van der Waals surface area contributed by atoms with Crippen molar-refractivity contribution in [3.8, 4) is 6.19 Å². The van der Waals surface area contributed by atoms with Gasteiger partial charge in [-0.25, -0.2) is 22.5 Å². The van der Waals surface area contributed by atoms with Crippen molar-refractivity contribution in [1.29, 1.82) is 5.26 Å². The van der Waals surface area contributed by atoms with Gasteiger partial charge in [-0.15, -0.1) is 0 Å².